The molecule has 0 bridgehead atoms. The largest absolute Gasteiger partial charge is 0.359 e. The SMILES string of the molecule is CSCCCCNC=O. The molecule has 0 aliphatic carbocycles. The molecule has 1 N–H and O–H groups in total. The maximum Gasteiger partial charge on any atom is 0.207 e. The molecule has 1 amide bonds. The Hall–Kier alpha value is -0.180. The van der Waals surface area contributed by atoms with Gasteiger partial charge in [0, 0.05) is 6.54 Å². The first-order valence-corrected chi connectivity index (χ1v) is 4.47. The minimum atomic E-state index is 0.749. The van der Waals surface area contributed by atoms with E-state index in [-0.39, 0.29) is 0 Å². The number of unbranched alkanes of at least 4 members (excludes halogenated alkanes) is 1. The van der Waals surface area contributed by atoms with E-state index >= 15 is 0 Å². The van der Waals surface area contributed by atoms with Crippen molar-refractivity contribution in [2.75, 3.05) is 18.6 Å². The van der Waals surface area contributed by atoms with Crippen molar-refractivity contribution in [2.24, 2.45) is 0 Å². The van der Waals surface area contributed by atoms with Crippen LogP contribution in [0.4, 0.5) is 0 Å². The van der Waals surface area contributed by atoms with Gasteiger partial charge in [0.25, 0.3) is 0 Å². The molecule has 0 aliphatic heterocycles. The molecule has 0 aromatic rings. The van der Waals surface area contributed by atoms with E-state index in [1.807, 2.05) is 11.8 Å². The van der Waals surface area contributed by atoms with Crippen molar-refractivity contribution in [3.05, 3.63) is 0 Å². The zero-order valence-electron chi connectivity index (χ0n) is 5.72. The lowest BCUT2D eigenvalue weighted by atomic mass is 10.3. The maximum atomic E-state index is 9.72. The average Bonchev–Trinajstić information content (AvgIpc) is 1.89. The van der Waals surface area contributed by atoms with E-state index < -0.39 is 0 Å². The average molecular weight is 147 g/mol. The van der Waals surface area contributed by atoms with Gasteiger partial charge in [-0.1, -0.05) is 0 Å². The maximum absolute atomic E-state index is 9.72. The van der Waals surface area contributed by atoms with Gasteiger partial charge >= 0.3 is 0 Å². The quantitative estimate of drug-likeness (QED) is 0.446. The predicted octanol–water partition coefficient (Wildman–Crippen LogP) is 0.876. The molecule has 0 heterocycles. The van der Waals surface area contributed by atoms with E-state index in [0.29, 0.717) is 0 Å². The lowest BCUT2D eigenvalue weighted by molar-refractivity contribution is -0.109. The summed E-state index contributed by atoms with van der Waals surface area (Å²) in [5, 5.41) is 2.62. The van der Waals surface area contributed by atoms with Crippen LogP contribution in [0.3, 0.4) is 0 Å². The van der Waals surface area contributed by atoms with Crippen molar-refractivity contribution in [2.45, 2.75) is 12.8 Å². The molecule has 0 aromatic carbocycles. The van der Waals surface area contributed by atoms with Crippen molar-refractivity contribution in [3.63, 3.8) is 0 Å². The van der Waals surface area contributed by atoms with E-state index in [9.17, 15) is 4.79 Å². The summed E-state index contributed by atoms with van der Waals surface area (Å²) in [6.45, 7) is 0.823. The molecule has 2 nitrogen and oxygen atoms in total. The summed E-state index contributed by atoms with van der Waals surface area (Å²) in [5.74, 6) is 1.19. The van der Waals surface area contributed by atoms with Gasteiger partial charge in [0.2, 0.25) is 6.41 Å². The lowest BCUT2D eigenvalue weighted by Crippen LogP contribution is -2.11. The Bertz CT molecular complexity index is 68.1. The van der Waals surface area contributed by atoms with Crippen LogP contribution in [0, 0.1) is 0 Å². The van der Waals surface area contributed by atoms with Gasteiger partial charge in [0.15, 0.2) is 0 Å². The normalized spacial score (nSPS) is 9.00. The summed E-state index contributed by atoms with van der Waals surface area (Å²) in [7, 11) is 0. The number of hydrogen-bond acceptors (Lipinski definition) is 2. The van der Waals surface area contributed by atoms with Crippen molar-refractivity contribution >= 4 is 18.2 Å². The smallest absolute Gasteiger partial charge is 0.207 e. The number of amides is 1. The molecule has 9 heavy (non-hydrogen) atoms. The molecule has 0 unspecified atom stereocenters. The van der Waals surface area contributed by atoms with Gasteiger partial charge in [0.05, 0.1) is 0 Å². The Morgan fingerprint density at radius 2 is 2.33 bits per heavy atom. The zero-order valence-corrected chi connectivity index (χ0v) is 6.54. The van der Waals surface area contributed by atoms with Gasteiger partial charge < -0.3 is 5.32 Å². The van der Waals surface area contributed by atoms with Crippen LogP contribution in [0.25, 0.3) is 0 Å². The van der Waals surface area contributed by atoms with Crippen LogP contribution in [-0.4, -0.2) is 25.0 Å². The first-order valence-electron chi connectivity index (χ1n) is 3.07. The second kappa shape index (κ2) is 7.82. The molecule has 0 radical (unpaired) electrons. The third kappa shape index (κ3) is 7.82. The topological polar surface area (TPSA) is 29.1 Å². The highest BCUT2D eigenvalue weighted by Crippen LogP contribution is 1.97. The molecule has 0 saturated heterocycles. The molecular formula is C6H13NOS. The van der Waals surface area contributed by atoms with Crippen molar-refractivity contribution in [1.29, 1.82) is 0 Å². The summed E-state index contributed by atoms with van der Waals surface area (Å²) >= 11 is 1.84. The summed E-state index contributed by atoms with van der Waals surface area (Å²) in [6, 6.07) is 0. The highest BCUT2D eigenvalue weighted by Gasteiger charge is 1.84. The number of nitrogens with one attached hydrogen (secondary N) is 1. The molecule has 0 rings (SSSR count). The van der Waals surface area contributed by atoms with Crippen LogP contribution in [0.5, 0.6) is 0 Å². The molecule has 3 heteroatoms. The monoisotopic (exact) mass is 147 g/mol. The second-order valence-electron chi connectivity index (χ2n) is 1.77. The van der Waals surface area contributed by atoms with Gasteiger partial charge in [-0.3, -0.25) is 4.79 Å². The fourth-order valence-corrected chi connectivity index (χ4v) is 1.03. The molecule has 0 aromatic heterocycles. The van der Waals surface area contributed by atoms with Crippen molar-refractivity contribution < 1.29 is 4.79 Å². The molecule has 0 aliphatic rings. The van der Waals surface area contributed by atoms with Gasteiger partial charge in [-0.2, -0.15) is 11.8 Å². The summed E-state index contributed by atoms with van der Waals surface area (Å²) in [4.78, 5) is 9.72. The van der Waals surface area contributed by atoms with Crippen molar-refractivity contribution in [3.8, 4) is 0 Å². The highest BCUT2D eigenvalue weighted by molar-refractivity contribution is 7.98. The van der Waals surface area contributed by atoms with Gasteiger partial charge in [0.1, 0.15) is 0 Å². The Morgan fingerprint density at radius 1 is 1.56 bits per heavy atom. The van der Waals surface area contributed by atoms with Crippen LogP contribution >= 0.6 is 11.8 Å². The highest BCUT2D eigenvalue weighted by atomic mass is 32.2. The molecule has 0 spiro atoms. The fraction of sp³-hybridized carbons (Fsp3) is 0.833. The van der Waals surface area contributed by atoms with E-state index in [0.717, 1.165) is 19.4 Å². The first kappa shape index (κ1) is 8.82. The van der Waals surface area contributed by atoms with Gasteiger partial charge in [-0.15, -0.1) is 0 Å². The summed E-state index contributed by atoms with van der Waals surface area (Å²) in [5.41, 5.74) is 0. The molecule has 54 valence electrons. The van der Waals surface area contributed by atoms with E-state index in [2.05, 4.69) is 11.6 Å². The van der Waals surface area contributed by atoms with Gasteiger partial charge in [-0.05, 0) is 24.9 Å². The third-order valence-corrected chi connectivity index (χ3v) is 1.70. The van der Waals surface area contributed by atoms with Crippen LogP contribution < -0.4 is 5.32 Å². The number of rotatable bonds is 6. The standard InChI is InChI=1S/C6H13NOS/c1-9-5-3-2-4-7-6-8/h6H,2-5H2,1H3,(H,7,8). The molecule has 0 atom stereocenters. The third-order valence-electron chi connectivity index (χ3n) is 1.00. The van der Waals surface area contributed by atoms with Crippen LogP contribution in [0.2, 0.25) is 0 Å². The molecule has 0 fully saturated rings. The van der Waals surface area contributed by atoms with Crippen LogP contribution in [-0.2, 0) is 4.79 Å². The second-order valence-corrected chi connectivity index (χ2v) is 2.76. The Balaban J connectivity index is 2.66. The Labute approximate surface area is 60.4 Å². The number of hydrogen-bond donors (Lipinski definition) is 1. The number of carbonyl (C=O) groups excluding carboxylic acids is 1. The number of carbonyl (C=O) groups is 1. The van der Waals surface area contributed by atoms with Crippen LogP contribution in [0.15, 0.2) is 0 Å². The van der Waals surface area contributed by atoms with E-state index in [4.69, 9.17) is 0 Å². The number of thioether (sulfide) groups is 1. The van der Waals surface area contributed by atoms with E-state index in [1.54, 1.807) is 0 Å². The van der Waals surface area contributed by atoms with Crippen LogP contribution in [0.1, 0.15) is 12.8 Å². The van der Waals surface area contributed by atoms with E-state index in [1.165, 1.54) is 12.2 Å². The first-order chi connectivity index (χ1) is 4.41. The summed E-state index contributed by atoms with van der Waals surface area (Å²) < 4.78 is 0. The Morgan fingerprint density at radius 3 is 2.89 bits per heavy atom. The van der Waals surface area contributed by atoms with Crippen molar-refractivity contribution in [1.82, 2.24) is 5.32 Å². The predicted molar refractivity (Wildman–Crippen MR) is 41.7 cm³/mol. The fourth-order valence-electron chi connectivity index (χ4n) is 0.532. The zero-order chi connectivity index (χ0) is 6.95. The minimum Gasteiger partial charge on any atom is -0.359 e. The Kier molecular flexibility index (Phi) is 7.66. The summed E-state index contributed by atoms with van der Waals surface area (Å²) in [6.07, 6.45) is 5.13. The van der Waals surface area contributed by atoms with Gasteiger partial charge in [-0.25, -0.2) is 0 Å². The molecule has 0 saturated carbocycles. The molecular weight excluding hydrogens is 134 g/mol. The minimum absolute atomic E-state index is 0.749. The lowest BCUT2D eigenvalue weighted by Gasteiger charge is -1.95.